The molecule has 0 bridgehead atoms. The van der Waals surface area contributed by atoms with Crippen LogP contribution in [-0.2, 0) is 0 Å². The lowest BCUT2D eigenvalue weighted by atomic mass is 10.1. The summed E-state index contributed by atoms with van der Waals surface area (Å²) in [6.45, 7) is 6.79. The monoisotopic (exact) mass is 400 g/mol. The lowest BCUT2D eigenvalue weighted by molar-refractivity contribution is 0.315. The third-order valence-electron chi connectivity index (χ3n) is 3.06. The van der Waals surface area contributed by atoms with Crippen LogP contribution >= 0.6 is 31.9 Å². The fraction of sp³-hybridized carbons (Fsp3) is 0.375. The lowest BCUT2D eigenvalue weighted by Crippen LogP contribution is -1.98. The van der Waals surface area contributed by atoms with E-state index in [1.54, 1.807) is 0 Å². The van der Waals surface area contributed by atoms with Gasteiger partial charge in [0.05, 0.1) is 15.9 Å². The van der Waals surface area contributed by atoms with Crippen molar-refractivity contribution in [1.29, 1.82) is 0 Å². The third kappa shape index (κ3) is 3.47. The average molecular weight is 402 g/mol. The molecule has 1 atom stereocenters. The number of hydrogen-bond donors (Lipinski definition) is 0. The summed E-state index contributed by atoms with van der Waals surface area (Å²) < 4.78 is 12.2. The summed E-state index contributed by atoms with van der Waals surface area (Å²) in [5.74, 6) is 2.77. The molecule has 0 aliphatic rings. The van der Waals surface area contributed by atoms with Gasteiger partial charge in [-0.2, -0.15) is 0 Å². The van der Waals surface area contributed by atoms with Gasteiger partial charge in [-0.25, -0.2) is 0 Å². The standard InChI is InChI=1S/C16H18Br2O2/c1-4-7-19-15-6-5-12(9-14(15)17)16(18)13-8-10(2)20-11(13)3/h5-6,8-9,16H,4,7H2,1-3H3. The second-order valence-corrected chi connectivity index (χ2v) is 6.54. The highest BCUT2D eigenvalue weighted by Gasteiger charge is 2.17. The van der Waals surface area contributed by atoms with Crippen molar-refractivity contribution in [1.82, 2.24) is 0 Å². The summed E-state index contributed by atoms with van der Waals surface area (Å²) in [6.07, 6.45) is 1.00. The minimum absolute atomic E-state index is 0.122. The molecule has 20 heavy (non-hydrogen) atoms. The van der Waals surface area contributed by atoms with Gasteiger partial charge in [0.1, 0.15) is 17.3 Å². The van der Waals surface area contributed by atoms with E-state index < -0.39 is 0 Å². The summed E-state index contributed by atoms with van der Waals surface area (Å²) >= 11 is 7.32. The van der Waals surface area contributed by atoms with Gasteiger partial charge in [0, 0.05) is 5.56 Å². The number of aryl methyl sites for hydroxylation is 2. The molecule has 2 rings (SSSR count). The van der Waals surface area contributed by atoms with E-state index in [1.165, 1.54) is 5.56 Å². The molecule has 0 radical (unpaired) electrons. The number of hydrogen-bond acceptors (Lipinski definition) is 2. The molecule has 0 N–H and O–H groups in total. The molecular weight excluding hydrogens is 384 g/mol. The zero-order valence-electron chi connectivity index (χ0n) is 11.9. The Morgan fingerprint density at radius 3 is 2.55 bits per heavy atom. The van der Waals surface area contributed by atoms with Gasteiger partial charge in [-0.3, -0.25) is 0 Å². The van der Waals surface area contributed by atoms with Crippen molar-refractivity contribution >= 4 is 31.9 Å². The summed E-state index contributed by atoms with van der Waals surface area (Å²) in [4.78, 5) is 0.122. The van der Waals surface area contributed by atoms with Crippen LogP contribution < -0.4 is 4.74 Å². The zero-order chi connectivity index (χ0) is 14.7. The number of furan rings is 1. The van der Waals surface area contributed by atoms with Crippen molar-refractivity contribution in [3.63, 3.8) is 0 Å². The molecule has 0 spiro atoms. The highest BCUT2D eigenvalue weighted by atomic mass is 79.9. The molecule has 0 saturated heterocycles. The van der Waals surface area contributed by atoms with E-state index in [0.717, 1.165) is 40.3 Å². The van der Waals surface area contributed by atoms with Crippen LogP contribution in [0.15, 0.2) is 33.2 Å². The number of benzene rings is 1. The molecule has 0 saturated carbocycles. The normalized spacial score (nSPS) is 12.4. The first kappa shape index (κ1) is 15.6. The van der Waals surface area contributed by atoms with Crippen LogP contribution in [0.5, 0.6) is 5.75 Å². The van der Waals surface area contributed by atoms with Gasteiger partial charge in [0.25, 0.3) is 0 Å². The Hall–Kier alpha value is -0.740. The molecule has 0 amide bonds. The van der Waals surface area contributed by atoms with E-state index in [0.29, 0.717) is 0 Å². The molecule has 1 aromatic heterocycles. The minimum atomic E-state index is 0.122. The summed E-state index contributed by atoms with van der Waals surface area (Å²) in [6, 6.07) is 8.25. The van der Waals surface area contributed by atoms with E-state index in [1.807, 2.05) is 19.9 Å². The van der Waals surface area contributed by atoms with Gasteiger partial charge in [-0.1, -0.05) is 28.9 Å². The van der Waals surface area contributed by atoms with Crippen LogP contribution in [0.1, 0.15) is 40.8 Å². The molecule has 0 fully saturated rings. The number of ether oxygens (including phenoxy) is 1. The second-order valence-electron chi connectivity index (χ2n) is 4.77. The van der Waals surface area contributed by atoms with Crippen LogP contribution in [0.3, 0.4) is 0 Å². The summed E-state index contributed by atoms with van der Waals surface area (Å²) in [5.41, 5.74) is 2.33. The van der Waals surface area contributed by atoms with Crippen molar-refractivity contribution in [3.8, 4) is 5.75 Å². The predicted molar refractivity (Wildman–Crippen MR) is 88.9 cm³/mol. The van der Waals surface area contributed by atoms with Gasteiger partial charge in [-0.05, 0) is 60.0 Å². The Kier molecular flexibility index (Phi) is 5.33. The molecule has 108 valence electrons. The molecule has 0 aliphatic carbocycles. The van der Waals surface area contributed by atoms with Crippen LogP contribution in [0.4, 0.5) is 0 Å². The van der Waals surface area contributed by atoms with Gasteiger partial charge in [0.2, 0.25) is 0 Å². The highest BCUT2D eigenvalue weighted by molar-refractivity contribution is 9.10. The van der Waals surface area contributed by atoms with Gasteiger partial charge in [-0.15, -0.1) is 0 Å². The molecule has 1 unspecified atom stereocenters. The Morgan fingerprint density at radius 2 is 2.00 bits per heavy atom. The van der Waals surface area contributed by atoms with Crippen LogP contribution in [-0.4, -0.2) is 6.61 Å². The molecule has 1 aromatic carbocycles. The van der Waals surface area contributed by atoms with Gasteiger partial charge < -0.3 is 9.15 Å². The van der Waals surface area contributed by atoms with E-state index >= 15 is 0 Å². The first-order valence-corrected chi connectivity index (χ1v) is 8.37. The molecular formula is C16H18Br2O2. The van der Waals surface area contributed by atoms with E-state index in [-0.39, 0.29) is 4.83 Å². The zero-order valence-corrected chi connectivity index (χ0v) is 15.0. The summed E-state index contributed by atoms with van der Waals surface area (Å²) in [5, 5.41) is 0. The maximum atomic E-state index is 5.67. The maximum absolute atomic E-state index is 5.67. The SMILES string of the molecule is CCCOc1ccc(C(Br)c2cc(C)oc2C)cc1Br. The van der Waals surface area contributed by atoms with Crippen LogP contribution in [0.2, 0.25) is 0 Å². The number of halogens is 2. The molecule has 2 aromatic rings. The van der Waals surface area contributed by atoms with Gasteiger partial charge in [0.15, 0.2) is 0 Å². The fourth-order valence-electron chi connectivity index (χ4n) is 2.09. The molecule has 0 aliphatic heterocycles. The van der Waals surface area contributed by atoms with Crippen molar-refractivity contribution in [3.05, 3.63) is 51.4 Å². The van der Waals surface area contributed by atoms with Crippen LogP contribution in [0.25, 0.3) is 0 Å². The van der Waals surface area contributed by atoms with E-state index in [4.69, 9.17) is 9.15 Å². The number of rotatable bonds is 5. The average Bonchev–Trinajstić information content (AvgIpc) is 2.75. The Morgan fingerprint density at radius 1 is 1.25 bits per heavy atom. The third-order valence-corrected chi connectivity index (χ3v) is 4.70. The van der Waals surface area contributed by atoms with Crippen molar-refractivity contribution in [2.75, 3.05) is 6.61 Å². The first-order valence-electron chi connectivity index (χ1n) is 6.66. The fourth-order valence-corrected chi connectivity index (χ4v) is 3.34. The first-order chi connectivity index (χ1) is 9.52. The Labute approximate surface area is 136 Å². The minimum Gasteiger partial charge on any atom is -0.492 e. The largest absolute Gasteiger partial charge is 0.492 e. The van der Waals surface area contributed by atoms with Gasteiger partial charge >= 0.3 is 0 Å². The molecule has 4 heteroatoms. The molecule has 1 heterocycles. The lowest BCUT2D eigenvalue weighted by Gasteiger charge is -2.12. The van der Waals surface area contributed by atoms with Crippen molar-refractivity contribution in [2.24, 2.45) is 0 Å². The van der Waals surface area contributed by atoms with Crippen molar-refractivity contribution < 1.29 is 9.15 Å². The van der Waals surface area contributed by atoms with E-state index in [9.17, 15) is 0 Å². The number of alkyl halides is 1. The molecule has 2 nitrogen and oxygen atoms in total. The van der Waals surface area contributed by atoms with E-state index in [2.05, 4.69) is 57.0 Å². The summed E-state index contributed by atoms with van der Waals surface area (Å²) in [7, 11) is 0. The second kappa shape index (κ2) is 6.81. The Bertz CT molecular complexity index is 590. The quantitative estimate of drug-likeness (QED) is 0.579. The van der Waals surface area contributed by atoms with Crippen LogP contribution in [0, 0.1) is 13.8 Å². The maximum Gasteiger partial charge on any atom is 0.133 e. The Balaban J connectivity index is 2.25. The smallest absolute Gasteiger partial charge is 0.133 e. The highest BCUT2D eigenvalue weighted by Crippen LogP contribution is 2.37. The predicted octanol–water partition coefficient (Wildman–Crippen LogP) is 5.93. The van der Waals surface area contributed by atoms with Crippen molar-refractivity contribution in [2.45, 2.75) is 32.0 Å². The topological polar surface area (TPSA) is 22.4 Å².